The third-order valence-corrected chi connectivity index (χ3v) is 5.94. The minimum atomic E-state index is 0.369. The van der Waals surface area contributed by atoms with E-state index in [1.807, 2.05) is 24.3 Å². The molecule has 3 aromatic rings. The van der Waals surface area contributed by atoms with E-state index in [1.54, 1.807) is 14.2 Å². The van der Waals surface area contributed by atoms with Crippen LogP contribution >= 0.6 is 0 Å². The molecule has 0 amide bonds. The molecule has 152 valence electrons. The van der Waals surface area contributed by atoms with Gasteiger partial charge in [-0.3, -0.25) is 4.99 Å². The molecule has 1 saturated carbocycles. The second-order valence-corrected chi connectivity index (χ2v) is 8.02. The Labute approximate surface area is 172 Å². The number of methoxy groups -OCH3 is 2. The number of benzene rings is 2. The van der Waals surface area contributed by atoms with Gasteiger partial charge in [-0.2, -0.15) is 0 Å². The maximum atomic E-state index is 6.28. The number of ether oxygens (including phenoxy) is 2. The van der Waals surface area contributed by atoms with Crippen LogP contribution in [-0.2, 0) is 0 Å². The van der Waals surface area contributed by atoms with Crippen molar-refractivity contribution in [1.29, 1.82) is 0 Å². The third kappa shape index (κ3) is 4.02. The van der Waals surface area contributed by atoms with Crippen LogP contribution in [0.1, 0.15) is 38.2 Å². The van der Waals surface area contributed by atoms with Crippen molar-refractivity contribution in [3.05, 3.63) is 53.4 Å². The Morgan fingerprint density at radius 1 is 0.931 bits per heavy atom. The monoisotopic (exact) mass is 391 g/mol. The first-order valence-electron chi connectivity index (χ1n) is 10.4. The lowest BCUT2D eigenvalue weighted by atomic mass is 9.86. The molecule has 4 heteroatoms. The summed E-state index contributed by atoms with van der Waals surface area (Å²) >= 11 is 0. The van der Waals surface area contributed by atoms with Crippen molar-refractivity contribution in [3.63, 3.8) is 0 Å². The predicted molar refractivity (Wildman–Crippen MR) is 116 cm³/mol. The summed E-state index contributed by atoms with van der Waals surface area (Å²) in [5.41, 5.74) is 3.00. The van der Waals surface area contributed by atoms with Crippen LogP contribution in [0.15, 0.2) is 51.9 Å². The molecule has 0 radical (unpaired) electrons. The summed E-state index contributed by atoms with van der Waals surface area (Å²) in [4.78, 5) is 5.21. The van der Waals surface area contributed by atoms with Crippen molar-refractivity contribution in [2.75, 3.05) is 14.2 Å². The minimum absolute atomic E-state index is 0.369. The molecule has 2 atom stereocenters. The molecular weight excluding hydrogens is 362 g/mol. The molecule has 0 unspecified atom stereocenters. The third-order valence-electron chi connectivity index (χ3n) is 5.94. The fraction of sp³-hybridized carbons (Fsp3) is 0.400. The lowest BCUT2D eigenvalue weighted by Gasteiger charge is -2.25. The van der Waals surface area contributed by atoms with E-state index in [2.05, 4.69) is 32.0 Å². The van der Waals surface area contributed by atoms with Crippen LogP contribution < -0.4 is 14.8 Å². The van der Waals surface area contributed by atoms with Crippen LogP contribution in [0, 0.1) is 12.8 Å². The predicted octanol–water partition coefficient (Wildman–Crippen LogP) is 5.90. The van der Waals surface area contributed by atoms with Gasteiger partial charge in [-0.15, -0.1) is 0 Å². The van der Waals surface area contributed by atoms with Crippen LogP contribution in [0.25, 0.3) is 22.3 Å². The van der Waals surface area contributed by atoms with E-state index in [1.165, 1.54) is 24.8 Å². The molecule has 0 bridgehead atoms. The van der Waals surface area contributed by atoms with Gasteiger partial charge in [0.2, 0.25) is 0 Å². The zero-order valence-corrected chi connectivity index (χ0v) is 17.7. The molecule has 1 aliphatic rings. The quantitative estimate of drug-likeness (QED) is 0.556. The van der Waals surface area contributed by atoms with E-state index in [4.69, 9.17) is 18.9 Å². The first kappa shape index (κ1) is 19.6. The molecule has 29 heavy (non-hydrogen) atoms. The average molecular weight is 392 g/mol. The molecule has 0 spiro atoms. The van der Waals surface area contributed by atoms with Gasteiger partial charge in [0.05, 0.1) is 25.6 Å². The molecule has 4 nitrogen and oxygen atoms in total. The van der Waals surface area contributed by atoms with Crippen LogP contribution in [0.2, 0.25) is 0 Å². The molecule has 0 N–H and O–H groups in total. The first-order chi connectivity index (χ1) is 14.1. The van der Waals surface area contributed by atoms with Crippen molar-refractivity contribution in [2.24, 2.45) is 10.9 Å². The average Bonchev–Trinajstić information content (AvgIpc) is 2.75. The molecule has 4 rings (SSSR count). The van der Waals surface area contributed by atoms with Crippen LogP contribution in [0.5, 0.6) is 11.5 Å². The molecule has 1 aromatic heterocycles. The van der Waals surface area contributed by atoms with Gasteiger partial charge >= 0.3 is 0 Å². The Morgan fingerprint density at radius 3 is 2.48 bits per heavy atom. The van der Waals surface area contributed by atoms with Crippen molar-refractivity contribution in [3.8, 4) is 22.8 Å². The van der Waals surface area contributed by atoms with E-state index >= 15 is 0 Å². The summed E-state index contributed by atoms with van der Waals surface area (Å²) in [5.74, 6) is 2.78. The highest BCUT2D eigenvalue weighted by Gasteiger charge is 2.20. The van der Waals surface area contributed by atoms with Gasteiger partial charge in [0.15, 0.2) is 11.5 Å². The van der Waals surface area contributed by atoms with E-state index in [9.17, 15) is 0 Å². The van der Waals surface area contributed by atoms with Crippen LogP contribution in [0.3, 0.4) is 0 Å². The Morgan fingerprint density at radius 2 is 1.72 bits per heavy atom. The Kier molecular flexibility index (Phi) is 5.61. The fourth-order valence-electron chi connectivity index (χ4n) is 4.19. The summed E-state index contributed by atoms with van der Waals surface area (Å²) < 4.78 is 17.1. The molecule has 1 heterocycles. The van der Waals surface area contributed by atoms with Gasteiger partial charge in [-0.1, -0.05) is 31.4 Å². The van der Waals surface area contributed by atoms with Crippen LogP contribution in [-0.4, -0.2) is 20.3 Å². The Hall–Kier alpha value is -2.75. The first-order valence-corrected chi connectivity index (χ1v) is 10.4. The minimum Gasteiger partial charge on any atom is -0.493 e. The van der Waals surface area contributed by atoms with Crippen molar-refractivity contribution in [1.82, 2.24) is 0 Å². The molecule has 0 saturated heterocycles. The summed E-state index contributed by atoms with van der Waals surface area (Å²) in [7, 11) is 3.29. The SMILES string of the molecule is COc1ccc(-c2cc(=N[C@H]3CCCC[C@@H]3C)c3cc(C)ccc3o2)cc1OC. The zero-order chi connectivity index (χ0) is 20.4. The number of hydrogen-bond acceptors (Lipinski definition) is 4. The molecule has 1 fully saturated rings. The maximum Gasteiger partial charge on any atom is 0.161 e. The van der Waals surface area contributed by atoms with E-state index in [-0.39, 0.29) is 0 Å². The van der Waals surface area contributed by atoms with E-state index < -0.39 is 0 Å². The van der Waals surface area contributed by atoms with Gasteiger partial charge in [0.1, 0.15) is 11.3 Å². The van der Waals surface area contributed by atoms with Gasteiger partial charge < -0.3 is 13.9 Å². The summed E-state index contributed by atoms with van der Waals surface area (Å²) in [6.45, 7) is 4.43. The molecule has 2 aromatic carbocycles. The maximum absolute atomic E-state index is 6.28. The molecular formula is C25H29NO3. The smallest absolute Gasteiger partial charge is 0.161 e. The van der Waals surface area contributed by atoms with Crippen molar-refractivity contribution < 1.29 is 13.9 Å². The number of aryl methyl sites for hydroxylation is 1. The standard InChI is InChI=1S/C25H29NO3/c1-16-9-11-22-19(13-16)21(26-20-8-6-5-7-17(20)2)15-24(29-22)18-10-12-23(27-3)25(14-18)28-4/h9-15,17,20H,5-8H2,1-4H3/t17-,20-/m0/s1. The van der Waals surface area contributed by atoms with Gasteiger partial charge in [-0.05, 0) is 56.0 Å². The van der Waals surface area contributed by atoms with Gasteiger partial charge in [0, 0.05) is 17.0 Å². The summed E-state index contributed by atoms with van der Waals surface area (Å²) in [6, 6.07) is 14.6. The number of fused-ring (bicyclic) bond motifs is 1. The van der Waals surface area contributed by atoms with E-state index in [0.717, 1.165) is 34.1 Å². The highest BCUT2D eigenvalue weighted by molar-refractivity contribution is 5.79. The topological polar surface area (TPSA) is 44.0 Å². The van der Waals surface area contributed by atoms with Crippen molar-refractivity contribution >= 4 is 11.0 Å². The Balaban J connectivity index is 1.89. The second kappa shape index (κ2) is 8.32. The zero-order valence-electron chi connectivity index (χ0n) is 17.7. The van der Waals surface area contributed by atoms with Crippen LogP contribution in [0.4, 0.5) is 0 Å². The van der Waals surface area contributed by atoms with Crippen molar-refractivity contribution in [2.45, 2.75) is 45.6 Å². The Bertz CT molecular complexity index is 1080. The largest absolute Gasteiger partial charge is 0.493 e. The van der Waals surface area contributed by atoms with E-state index in [0.29, 0.717) is 23.5 Å². The highest BCUT2D eigenvalue weighted by atomic mass is 16.5. The number of rotatable bonds is 4. The summed E-state index contributed by atoms with van der Waals surface area (Å²) in [6.07, 6.45) is 4.99. The number of nitrogens with zero attached hydrogens (tertiary/aromatic N) is 1. The van der Waals surface area contributed by atoms with Gasteiger partial charge in [-0.25, -0.2) is 0 Å². The highest BCUT2D eigenvalue weighted by Crippen LogP contribution is 2.33. The lowest BCUT2D eigenvalue weighted by Crippen LogP contribution is -2.23. The molecule has 0 aliphatic heterocycles. The normalized spacial score (nSPS) is 20.1. The van der Waals surface area contributed by atoms with Gasteiger partial charge in [0.25, 0.3) is 0 Å². The lowest BCUT2D eigenvalue weighted by molar-refractivity contribution is 0.328. The fourth-order valence-corrected chi connectivity index (χ4v) is 4.19. The second-order valence-electron chi connectivity index (χ2n) is 8.02. The molecule has 1 aliphatic carbocycles. The number of hydrogen-bond donors (Lipinski definition) is 0. The summed E-state index contributed by atoms with van der Waals surface area (Å²) in [5, 5.41) is 2.09.